The Morgan fingerprint density at radius 2 is 1.68 bits per heavy atom. The third kappa shape index (κ3) is 5.63. The summed E-state index contributed by atoms with van der Waals surface area (Å²) in [6.07, 6.45) is -11.8. The molecule has 1 atom stereocenters. The van der Waals surface area contributed by atoms with E-state index >= 15 is 0 Å². The van der Waals surface area contributed by atoms with E-state index in [4.69, 9.17) is 0 Å². The molecule has 0 spiro atoms. The SMILES string of the molecule is CCCN(C[C@H]1CN(C(=O)O)CCN1c1ncc(C(O)(C(F)(F)F)C(F)(F)F)cn1)S(C)(=O)=O. The van der Waals surface area contributed by atoms with Crippen LogP contribution in [0.1, 0.15) is 18.9 Å². The predicted molar refractivity (Wildman–Crippen MR) is 105 cm³/mol. The molecular formula is C17H23F6N5O5S. The monoisotopic (exact) mass is 523 g/mol. The smallest absolute Gasteiger partial charge is 0.430 e. The first kappa shape index (κ1) is 27.8. The largest absolute Gasteiger partial charge is 0.465 e. The molecule has 10 nitrogen and oxygen atoms in total. The van der Waals surface area contributed by atoms with Crippen LogP contribution < -0.4 is 4.90 Å². The van der Waals surface area contributed by atoms with E-state index in [1.165, 1.54) is 4.90 Å². The molecule has 2 heterocycles. The third-order valence-electron chi connectivity index (χ3n) is 5.24. The molecule has 0 radical (unpaired) electrons. The van der Waals surface area contributed by atoms with Crippen molar-refractivity contribution in [3.8, 4) is 0 Å². The average Bonchev–Trinajstić information content (AvgIpc) is 2.70. The first-order chi connectivity index (χ1) is 15.4. The summed E-state index contributed by atoms with van der Waals surface area (Å²) in [7, 11) is -3.71. The van der Waals surface area contributed by atoms with Crippen LogP contribution >= 0.6 is 0 Å². The molecule has 34 heavy (non-hydrogen) atoms. The molecule has 1 aliphatic heterocycles. The lowest BCUT2D eigenvalue weighted by atomic mass is 9.95. The van der Waals surface area contributed by atoms with Crippen LogP contribution in [0.5, 0.6) is 0 Å². The van der Waals surface area contributed by atoms with Crippen molar-refractivity contribution in [3.05, 3.63) is 18.0 Å². The Kier molecular flexibility index (Phi) is 7.94. The van der Waals surface area contributed by atoms with Crippen LogP contribution in [0.15, 0.2) is 12.4 Å². The molecule has 0 saturated carbocycles. The third-order valence-corrected chi connectivity index (χ3v) is 6.51. The highest BCUT2D eigenvalue weighted by Gasteiger charge is 2.71. The summed E-state index contributed by atoms with van der Waals surface area (Å²) in [6.45, 7) is 1.16. The zero-order valence-corrected chi connectivity index (χ0v) is 18.8. The van der Waals surface area contributed by atoms with E-state index in [0.29, 0.717) is 6.42 Å². The molecule has 0 unspecified atom stereocenters. The summed E-state index contributed by atoms with van der Waals surface area (Å²) in [5.74, 6) is -0.351. The van der Waals surface area contributed by atoms with Crippen molar-refractivity contribution < 1.29 is 49.8 Å². The van der Waals surface area contributed by atoms with Gasteiger partial charge in [0.15, 0.2) is 0 Å². The molecule has 0 bridgehead atoms. The molecule has 2 rings (SSSR count). The number of anilines is 1. The number of aromatic nitrogens is 2. The second-order valence-electron chi connectivity index (χ2n) is 7.67. The Bertz CT molecular complexity index is 958. The van der Waals surface area contributed by atoms with Crippen molar-refractivity contribution in [3.63, 3.8) is 0 Å². The molecule has 1 aromatic heterocycles. The number of aliphatic hydroxyl groups is 1. The van der Waals surface area contributed by atoms with Crippen LogP contribution in [0.25, 0.3) is 0 Å². The molecule has 1 fully saturated rings. The lowest BCUT2D eigenvalue weighted by Gasteiger charge is -2.42. The first-order valence-electron chi connectivity index (χ1n) is 9.81. The summed E-state index contributed by atoms with van der Waals surface area (Å²) in [5, 5.41) is 18.8. The van der Waals surface area contributed by atoms with E-state index in [2.05, 4.69) is 9.97 Å². The van der Waals surface area contributed by atoms with Crippen molar-refractivity contribution in [1.29, 1.82) is 0 Å². The van der Waals surface area contributed by atoms with E-state index < -0.39 is 45.7 Å². The topological polar surface area (TPSA) is 127 Å². The molecule has 1 saturated heterocycles. The highest BCUT2D eigenvalue weighted by atomic mass is 32.2. The molecule has 0 aromatic carbocycles. The van der Waals surface area contributed by atoms with E-state index in [1.54, 1.807) is 6.92 Å². The fraction of sp³-hybridized carbons (Fsp3) is 0.706. The fourth-order valence-electron chi connectivity index (χ4n) is 3.47. The minimum absolute atomic E-state index is 0.0975. The maximum Gasteiger partial charge on any atom is 0.430 e. The second-order valence-corrected chi connectivity index (χ2v) is 9.66. The predicted octanol–water partition coefficient (Wildman–Crippen LogP) is 1.63. The van der Waals surface area contributed by atoms with E-state index in [-0.39, 0.29) is 51.1 Å². The quantitative estimate of drug-likeness (QED) is 0.517. The highest BCUT2D eigenvalue weighted by molar-refractivity contribution is 7.88. The minimum Gasteiger partial charge on any atom is -0.465 e. The number of carboxylic acid groups (broad SMARTS) is 1. The number of amides is 1. The summed E-state index contributed by atoms with van der Waals surface area (Å²) in [4.78, 5) is 20.8. The summed E-state index contributed by atoms with van der Waals surface area (Å²) < 4.78 is 104. The van der Waals surface area contributed by atoms with Gasteiger partial charge in [-0.05, 0) is 6.42 Å². The Labute approximate surface area is 190 Å². The van der Waals surface area contributed by atoms with Gasteiger partial charge in [0, 0.05) is 50.7 Å². The Morgan fingerprint density at radius 3 is 2.09 bits per heavy atom. The standard InChI is InChI=1S/C17H23F6N5O5S/c1-3-4-27(34(2,32)33)10-12-9-26(14(29)30)5-6-28(12)13-24-7-11(8-25-13)15(31,16(18,19)20)17(21,22)23/h7-8,12,31H,3-6,9-10H2,1-2H3,(H,29,30)/t12-/m1/s1. The molecule has 17 heteroatoms. The van der Waals surface area contributed by atoms with Gasteiger partial charge in [0.05, 0.1) is 12.3 Å². The van der Waals surface area contributed by atoms with Gasteiger partial charge in [0.1, 0.15) is 0 Å². The number of rotatable bonds is 7. The molecule has 1 amide bonds. The zero-order chi connectivity index (χ0) is 26.1. The molecule has 1 aliphatic rings. The number of sulfonamides is 1. The van der Waals surface area contributed by atoms with Crippen molar-refractivity contribution in [2.24, 2.45) is 0 Å². The van der Waals surface area contributed by atoms with Gasteiger partial charge in [0.25, 0.3) is 5.60 Å². The number of piperazine rings is 1. The van der Waals surface area contributed by atoms with Gasteiger partial charge < -0.3 is 20.0 Å². The number of nitrogens with zero attached hydrogens (tertiary/aromatic N) is 5. The van der Waals surface area contributed by atoms with Crippen molar-refractivity contribution >= 4 is 22.1 Å². The van der Waals surface area contributed by atoms with Gasteiger partial charge in [-0.3, -0.25) is 0 Å². The lowest BCUT2D eigenvalue weighted by Crippen LogP contribution is -2.59. The van der Waals surface area contributed by atoms with Gasteiger partial charge in [-0.2, -0.15) is 26.3 Å². The van der Waals surface area contributed by atoms with Gasteiger partial charge >= 0.3 is 18.4 Å². The molecule has 1 aromatic rings. The number of carbonyl (C=O) groups is 1. The van der Waals surface area contributed by atoms with Gasteiger partial charge in [-0.1, -0.05) is 6.92 Å². The summed E-state index contributed by atoms with van der Waals surface area (Å²) in [6, 6.07) is -0.888. The zero-order valence-electron chi connectivity index (χ0n) is 18.0. The normalized spacial score (nSPS) is 18.5. The van der Waals surface area contributed by atoms with Gasteiger partial charge in [0.2, 0.25) is 16.0 Å². The van der Waals surface area contributed by atoms with Crippen LogP contribution in [0.2, 0.25) is 0 Å². The van der Waals surface area contributed by atoms with Crippen LogP contribution in [-0.4, -0.2) is 101 Å². The summed E-state index contributed by atoms with van der Waals surface area (Å²) >= 11 is 0. The van der Waals surface area contributed by atoms with Crippen molar-refractivity contribution in [2.75, 3.05) is 43.9 Å². The molecular weight excluding hydrogens is 500 g/mol. The lowest BCUT2D eigenvalue weighted by molar-refractivity contribution is -0.376. The maximum atomic E-state index is 13.1. The average molecular weight is 523 g/mol. The molecule has 2 N–H and O–H groups in total. The Hall–Kier alpha value is -2.40. The Balaban J connectivity index is 2.43. The van der Waals surface area contributed by atoms with Crippen molar-refractivity contribution in [2.45, 2.75) is 37.3 Å². The number of hydrogen-bond donors (Lipinski definition) is 2. The minimum atomic E-state index is -6.11. The first-order valence-corrected chi connectivity index (χ1v) is 11.7. The van der Waals surface area contributed by atoms with Crippen molar-refractivity contribution in [1.82, 2.24) is 19.2 Å². The molecule has 194 valence electrons. The second kappa shape index (κ2) is 9.69. The van der Waals surface area contributed by atoms with Crippen LogP contribution in [0.3, 0.4) is 0 Å². The number of alkyl halides is 6. The molecule has 0 aliphatic carbocycles. The van der Waals surface area contributed by atoms with Crippen LogP contribution in [0, 0.1) is 0 Å². The number of hydrogen-bond acceptors (Lipinski definition) is 7. The van der Waals surface area contributed by atoms with Crippen LogP contribution in [-0.2, 0) is 15.6 Å². The van der Waals surface area contributed by atoms with Crippen LogP contribution in [0.4, 0.5) is 37.1 Å². The maximum absolute atomic E-state index is 13.1. The van der Waals surface area contributed by atoms with E-state index in [9.17, 15) is 49.8 Å². The van der Waals surface area contributed by atoms with Gasteiger partial charge in [-0.15, -0.1) is 0 Å². The fourth-order valence-corrected chi connectivity index (χ4v) is 4.43. The van der Waals surface area contributed by atoms with E-state index in [0.717, 1.165) is 15.5 Å². The summed E-state index contributed by atoms with van der Waals surface area (Å²) in [5.41, 5.74) is -6.85. The Morgan fingerprint density at radius 1 is 1.15 bits per heavy atom. The van der Waals surface area contributed by atoms with E-state index in [1.807, 2.05) is 0 Å². The number of halogens is 6. The highest BCUT2D eigenvalue weighted by Crippen LogP contribution is 2.49. The van der Waals surface area contributed by atoms with Gasteiger partial charge in [-0.25, -0.2) is 27.5 Å².